The summed E-state index contributed by atoms with van der Waals surface area (Å²) in [6, 6.07) is 9.69. The fraction of sp³-hybridized carbons (Fsp3) is 0.435. The average Bonchev–Trinajstić information content (AvgIpc) is 2.83. The lowest BCUT2D eigenvalue weighted by Gasteiger charge is -2.36. The molecule has 5 rings (SSSR count). The molecule has 1 amide bonds. The van der Waals surface area contributed by atoms with Crippen LogP contribution in [-0.4, -0.2) is 95.0 Å². The first kappa shape index (κ1) is 20.6. The average molecular weight is 433 g/mol. The fourth-order valence-corrected chi connectivity index (χ4v) is 4.26. The summed E-state index contributed by atoms with van der Waals surface area (Å²) in [5, 5.41) is 0. The van der Waals surface area contributed by atoms with Crippen LogP contribution in [0.3, 0.4) is 0 Å². The first-order valence-corrected chi connectivity index (χ1v) is 11.1. The lowest BCUT2D eigenvalue weighted by Crippen LogP contribution is -2.49. The molecule has 0 aliphatic carbocycles. The van der Waals surface area contributed by atoms with Gasteiger partial charge in [0.25, 0.3) is 5.91 Å². The predicted molar refractivity (Wildman–Crippen MR) is 124 cm³/mol. The highest BCUT2D eigenvalue weighted by Crippen LogP contribution is 2.22. The zero-order chi connectivity index (χ0) is 22.1. The van der Waals surface area contributed by atoms with E-state index in [9.17, 15) is 4.79 Å². The van der Waals surface area contributed by atoms with Crippen molar-refractivity contribution in [2.75, 3.05) is 69.2 Å². The van der Waals surface area contributed by atoms with E-state index in [1.165, 1.54) is 0 Å². The van der Waals surface area contributed by atoms with E-state index in [0.29, 0.717) is 18.8 Å². The number of para-hydroxylation sites is 2. The number of nitrogens with zero attached hydrogens (tertiary/aromatic N) is 8. The second-order valence-electron chi connectivity index (χ2n) is 8.45. The maximum Gasteiger partial charge on any atom is 0.274 e. The van der Waals surface area contributed by atoms with E-state index < -0.39 is 0 Å². The van der Waals surface area contributed by atoms with Crippen molar-refractivity contribution < 1.29 is 4.79 Å². The Labute approximate surface area is 187 Å². The second-order valence-corrected chi connectivity index (χ2v) is 8.45. The molecule has 0 atom stereocenters. The van der Waals surface area contributed by atoms with Gasteiger partial charge >= 0.3 is 0 Å². The van der Waals surface area contributed by atoms with Crippen LogP contribution in [0.15, 0.2) is 36.5 Å². The molecule has 0 unspecified atom stereocenters. The van der Waals surface area contributed by atoms with Crippen molar-refractivity contribution in [2.45, 2.75) is 6.92 Å². The van der Waals surface area contributed by atoms with E-state index in [0.717, 1.165) is 67.8 Å². The van der Waals surface area contributed by atoms with Crippen molar-refractivity contribution in [1.29, 1.82) is 0 Å². The third-order valence-corrected chi connectivity index (χ3v) is 6.20. The molecule has 166 valence electrons. The Balaban J connectivity index is 1.26. The van der Waals surface area contributed by atoms with Gasteiger partial charge in [0.2, 0.25) is 0 Å². The lowest BCUT2D eigenvalue weighted by atomic mass is 10.2. The molecule has 2 aliphatic rings. The Bertz CT molecular complexity index is 1120. The number of aryl methyl sites for hydroxylation is 1. The quantitative estimate of drug-likeness (QED) is 0.615. The topological polar surface area (TPSA) is 81.6 Å². The zero-order valence-corrected chi connectivity index (χ0v) is 18.6. The van der Waals surface area contributed by atoms with Crippen LogP contribution in [0.2, 0.25) is 0 Å². The molecule has 9 nitrogen and oxygen atoms in total. The van der Waals surface area contributed by atoms with Gasteiger partial charge in [0.1, 0.15) is 23.2 Å². The summed E-state index contributed by atoms with van der Waals surface area (Å²) in [4.78, 5) is 40.0. The normalized spacial score (nSPS) is 17.8. The molecule has 4 heterocycles. The molecule has 2 saturated heterocycles. The van der Waals surface area contributed by atoms with Gasteiger partial charge in [0, 0.05) is 58.4 Å². The number of likely N-dealkylation sites (N-methyl/N-ethyl adjacent to an activating group) is 1. The monoisotopic (exact) mass is 432 g/mol. The molecule has 0 saturated carbocycles. The SMILES string of the molecule is Cc1nc(N2CCN(C)CC2)cc(N2CCN(C(=O)c3cnc4ccccc4n3)CC2)n1. The standard InChI is InChI=1S/C23H28N8O/c1-17-25-21(29-9-7-28(2)8-10-29)15-22(26-17)30-11-13-31(14-12-30)23(32)20-16-24-18-5-3-4-6-19(18)27-20/h3-6,15-16H,7-14H2,1-2H3. The predicted octanol–water partition coefficient (Wildman–Crippen LogP) is 1.44. The zero-order valence-electron chi connectivity index (χ0n) is 18.6. The molecular formula is C23H28N8O. The van der Waals surface area contributed by atoms with Crippen LogP contribution in [-0.2, 0) is 0 Å². The summed E-state index contributed by atoms with van der Waals surface area (Å²) < 4.78 is 0. The number of anilines is 2. The summed E-state index contributed by atoms with van der Waals surface area (Å²) in [7, 11) is 2.15. The number of rotatable bonds is 3. The van der Waals surface area contributed by atoms with Gasteiger partial charge < -0.3 is 19.6 Å². The van der Waals surface area contributed by atoms with Crippen molar-refractivity contribution in [3.8, 4) is 0 Å². The highest BCUT2D eigenvalue weighted by atomic mass is 16.2. The summed E-state index contributed by atoms with van der Waals surface area (Å²) >= 11 is 0. The van der Waals surface area contributed by atoms with Gasteiger partial charge in [-0.15, -0.1) is 0 Å². The highest BCUT2D eigenvalue weighted by Gasteiger charge is 2.25. The van der Waals surface area contributed by atoms with Gasteiger partial charge in [-0.3, -0.25) is 9.78 Å². The van der Waals surface area contributed by atoms with Gasteiger partial charge in [-0.05, 0) is 26.1 Å². The van der Waals surface area contributed by atoms with Crippen molar-refractivity contribution in [3.05, 3.63) is 48.0 Å². The third-order valence-electron chi connectivity index (χ3n) is 6.20. The van der Waals surface area contributed by atoms with Crippen molar-refractivity contribution in [3.63, 3.8) is 0 Å². The number of hydrogen-bond donors (Lipinski definition) is 0. The van der Waals surface area contributed by atoms with Gasteiger partial charge in [0.05, 0.1) is 17.2 Å². The largest absolute Gasteiger partial charge is 0.354 e. The van der Waals surface area contributed by atoms with Gasteiger partial charge in [0.15, 0.2) is 0 Å². The van der Waals surface area contributed by atoms with E-state index in [1.807, 2.05) is 36.1 Å². The minimum Gasteiger partial charge on any atom is -0.354 e. The van der Waals surface area contributed by atoms with E-state index in [-0.39, 0.29) is 5.91 Å². The smallest absolute Gasteiger partial charge is 0.274 e. The summed E-state index contributed by atoms with van der Waals surface area (Å²) in [5.41, 5.74) is 1.93. The first-order chi connectivity index (χ1) is 15.6. The molecule has 32 heavy (non-hydrogen) atoms. The molecular weight excluding hydrogens is 404 g/mol. The number of hydrogen-bond acceptors (Lipinski definition) is 8. The number of carbonyl (C=O) groups is 1. The Hall–Kier alpha value is -3.33. The molecule has 0 spiro atoms. The summed E-state index contributed by atoms with van der Waals surface area (Å²) in [6.07, 6.45) is 1.58. The summed E-state index contributed by atoms with van der Waals surface area (Å²) in [6.45, 7) is 8.68. The minimum atomic E-state index is -0.0695. The number of fused-ring (bicyclic) bond motifs is 1. The molecule has 3 aromatic rings. The van der Waals surface area contributed by atoms with Crippen LogP contribution in [0.4, 0.5) is 11.6 Å². The molecule has 2 aromatic heterocycles. The van der Waals surface area contributed by atoms with Crippen molar-refractivity contribution in [2.24, 2.45) is 0 Å². The van der Waals surface area contributed by atoms with Crippen molar-refractivity contribution >= 4 is 28.6 Å². The van der Waals surface area contributed by atoms with E-state index in [4.69, 9.17) is 0 Å². The van der Waals surface area contributed by atoms with Crippen LogP contribution in [0.25, 0.3) is 11.0 Å². The van der Waals surface area contributed by atoms with Crippen LogP contribution >= 0.6 is 0 Å². The Morgan fingerprint density at radius 3 is 2.06 bits per heavy atom. The van der Waals surface area contributed by atoms with Crippen molar-refractivity contribution in [1.82, 2.24) is 29.7 Å². The third kappa shape index (κ3) is 4.20. The number of benzene rings is 1. The maximum absolute atomic E-state index is 13.0. The number of aromatic nitrogens is 4. The Kier molecular flexibility index (Phi) is 5.57. The lowest BCUT2D eigenvalue weighted by molar-refractivity contribution is 0.0740. The van der Waals surface area contributed by atoms with Crippen LogP contribution in [0.5, 0.6) is 0 Å². The Morgan fingerprint density at radius 2 is 1.41 bits per heavy atom. The molecule has 1 aromatic carbocycles. The minimum absolute atomic E-state index is 0.0695. The number of carbonyl (C=O) groups excluding carboxylic acids is 1. The molecule has 0 N–H and O–H groups in total. The number of piperazine rings is 2. The summed E-state index contributed by atoms with van der Waals surface area (Å²) in [5.74, 6) is 2.64. The second kappa shape index (κ2) is 8.66. The maximum atomic E-state index is 13.0. The molecule has 2 fully saturated rings. The molecule has 0 radical (unpaired) electrons. The van der Waals surface area contributed by atoms with Gasteiger partial charge in [-0.2, -0.15) is 0 Å². The van der Waals surface area contributed by atoms with Gasteiger partial charge in [-0.1, -0.05) is 12.1 Å². The van der Waals surface area contributed by atoms with E-state index in [1.54, 1.807) is 6.20 Å². The van der Waals surface area contributed by atoms with Crippen LogP contribution in [0.1, 0.15) is 16.3 Å². The van der Waals surface area contributed by atoms with Gasteiger partial charge in [-0.25, -0.2) is 15.0 Å². The number of amides is 1. The van der Waals surface area contributed by atoms with E-state index in [2.05, 4.69) is 47.7 Å². The van der Waals surface area contributed by atoms with Crippen LogP contribution < -0.4 is 9.80 Å². The van der Waals surface area contributed by atoms with Crippen LogP contribution in [0, 0.1) is 6.92 Å². The van der Waals surface area contributed by atoms with E-state index >= 15 is 0 Å². The molecule has 2 aliphatic heterocycles. The highest BCUT2D eigenvalue weighted by molar-refractivity contribution is 5.94. The first-order valence-electron chi connectivity index (χ1n) is 11.1. The fourth-order valence-electron chi connectivity index (χ4n) is 4.26. The molecule has 9 heteroatoms. The molecule has 0 bridgehead atoms. The Morgan fingerprint density at radius 1 is 0.812 bits per heavy atom.